The van der Waals surface area contributed by atoms with Crippen molar-refractivity contribution in [2.75, 3.05) is 7.11 Å². The third-order valence-electron chi connectivity index (χ3n) is 6.98. The second-order valence-corrected chi connectivity index (χ2v) is 13.5. The van der Waals surface area contributed by atoms with Gasteiger partial charge in [0.25, 0.3) is 0 Å². The molecule has 0 aromatic heterocycles. The van der Waals surface area contributed by atoms with Crippen LogP contribution in [0.1, 0.15) is 78.1 Å². The van der Waals surface area contributed by atoms with Crippen molar-refractivity contribution in [1.29, 1.82) is 0 Å². The first-order valence-electron chi connectivity index (χ1n) is 11.8. The number of rotatable bonds is 14. The van der Waals surface area contributed by atoms with Gasteiger partial charge in [0.05, 0.1) is 21.1 Å². The maximum Gasteiger partial charge on any atom is 0.308 e. The lowest BCUT2D eigenvalue weighted by molar-refractivity contribution is -0.151. The summed E-state index contributed by atoms with van der Waals surface area (Å²) in [6.45, 7) is 4.59. The second kappa shape index (κ2) is 12.5. The average molecular weight is 403 g/mol. The highest BCUT2D eigenvalue weighted by Crippen LogP contribution is 2.43. The first kappa shape index (κ1) is 23.2. The molecule has 1 aliphatic carbocycles. The van der Waals surface area contributed by atoms with Gasteiger partial charge in [-0.05, 0) is 24.8 Å². The van der Waals surface area contributed by atoms with Gasteiger partial charge >= 0.3 is 5.97 Å². The van der Waals surface area contributed by atoms with Crippen molar-refractivity contribution in [3.63, 3.8) is 0 Å². The molecule has 1 saturated carbocycles. The lowest BCUT2D eigenvalue weighted by Crippen LogP contribution is -2.51. The Morgan fingerprint density at radius 2 is 1.54 bits per heavy atom. The summed E-state index contributed by atoms with van der Waals surface area (Å²) >= 11 is 0. The van der Waals surface area contributed by atoms with Crippen molar-refractivity contribution in [1.82, 2.24) is 0 Å². The molecule has 0 spiro atoms. The SMILES string of the molecule is CCCCCC[Si](CCCCCC)(C[C@@H]1CC[C@@H]1C(=O)OC)c1ccccc1. The largest absolute Gasteiger partial charge is 0.469 e. The van der Waals surface area contributed by atoms with Crippen molar-refractivity contribution in [2.45, 2.75) is 96.2 Å². The molecule has 0 heterocycles. The highest BCUT2D eigenvalue weighted by Gasteiger charge is 2.44. The van der Waals surface area contributed by atoms with Gasteiger partial charge in [0, 0.05) is 0 Å². The fourth-order valence-electron chi connectivity index (χ4n) is 5.08. The first-order chi connectivity index (χ1) is 13.7. The maximum absolute atomic E-state index is 12.2. The van der Waals surface area contributed by atoms with Crippen LogP contribution in [0.15, 0.2) is 30.3 Å². The van der Waals surface area contributed by atoms with Crippen molar-refractivity contribution >= 4 is 19.2 Å². The standard InChI is InChI=1S/C25H42O2Si/c1-4-6-8-13-19-28(20-14-9-7-5-2,23-15-11-10-12-16-23)21-22-17-18-24(22)25(26)27-3/h10-12,15-16,22,24H,4-9,13-14,17-21H2,1-3H3/t22-,24-/m0/s1. The second-order valence-electron chi connectivity index (χ2n) is 8.94. The van der Waals surface area contributed by atoms with Gasteiger partial charge < -0.3 is 4.74 Å². The Bertz CT molecular complexity index is 545. The summed E-state index contributed by atoms with van der Waals surface area (Å²) in [5.41, 5.74) is 0. The van der Waals surface area contributed by atoms with Gasteiger partial charge in [-0.1, -0.05) is 113 Å². The molecule has 0 bridgehead atoms. The van der Waals surface area contributed by atoms with E-state index in [1.807, 2.05) is 0 Å². The van der Waals surface area contributed by atoms with Crippen LogP contribution in [0.3, 0.4) is 0 Å². The lowest BCUT2D eigenvalue weighted by Gasteiger charge is -2.42. The Morgan fingerprint density at radius 1 is 0.929 bits per heavy atom. The third kappa shape index (κ3) is 6.47. The summed E-state index contributed by atoms with van der Waals surface area (Å²) < 4.78 is 5.11. The van der Waals surface area contributed by atoms with Gasteiger partial charge in [0.2, 0.25) is 0 Å². The van der Waals surface area contributed by atoms with Gasteiger partial charge in [-0.2, -0.15) is 0 Å². The summed E-state index contributed by atoms with van der Waals surface area (Å²) in [5, 5.41) is 1.64. The molecular formula is C25H42O2Si. The van der Waals surface area contributed by atoms with E-state index >= 15 is 0 Å². The summed E-state index contributed by atoms with van der Waals surface area (Å²) in [6.07, 6.45) is 13.0. The Morgan fingerprint density at radius 3 is 2.00 bits per heavy atom. The molecule has 1 aliphatic rings. The number of hydrogen-bond acceptors (Lipinski definition) is 2. The van der Waals surface area contributed by atoms with E-state index in [2.05, 4.69) is 44.2 Å². The van der Waals surface area contributed by atoms with E-state index in [-0.39, 0.29) is 11.9 Å². The molecule has 1 aromatic rings. The van der Waals surface area contributed by atoms with Crippen molar-refractivity contribution < 1.29 is 9.53 Å². The van der Waals surface area contributed by atoms with Crippen molar-refractivity contribution in [3.8, 4) is 0 Å². The number of esters is 1. The van der Waals surface area contributed by atoms with Crippen LogP contribution in [0, 0.1) is 11.8 Å². The lowest BCUT2D eigenvalue weighted by atomic mass is 9.75. The molecule has 1 fully saturated rings. The Hall–Kier alpha value is -1.09. The molecule has 0 aliphatic heterocycles. The zero-order valence-corrected chi connectivity index (χ0v) is 19.6. The zero-order valence-electron chi connectivity index (χ0n) is 18.6. The highest BCUT2D eigenvalue weighted by molar-refractivity contribution is 6.92. The van der Waals surface area contributed by atoms with Crippen LogP contribution < -0.4 is 5.19 Å². The predicted molar refractivity (Wildman–Crippen MR) is 123 cm³/mol. The molecule has 0 radical (unpaired) electrons. The van der Waals surface area contributed by atoms with Gasteiger partial charge in [0.15, 0.2) is 0 Å². The van der Waals surface area contributed by atoms with Crippen molar-refractivity contribution in [2.24, 2.45) is 11.8 Å². The molecule has 1 aromatic carbocycles. The number of benzene rings is 1. The van der Waals surface area contributed by atoms with Crippen LogP contribution in [0.2, 0.25) is 18.1 Å². The van der Waals surface area contributed by atoms with E-state index in [1.165, 1.54) is 75.9 Å². The highest BCUT2D eigenvalue weighted by atomic mass is 28.3. The van der Waals surface area contributed by atoms with E-state index in [4.69, 9.17) is 4.74 Å². The maximum atomic E-state index is 12.2. The zero-order chi connectivity index (χ0) is 20.2. The van der Waals surface area contributed by atoms with Crippen LogP contribution in [0.25, 0.3) is 0 Å². The quantitative estimate of drug-likeness (QED) is 0.196. The number of methoxy groups -OCH3 is 1. The molecular weight excluding hydrogens is 360 g/mol. The summed E-state index contributed by atoms with van der Waals surface area (Å²) in [6, 6.07) is 15.5. The number of carbonyl (C=O) groups excluding carboxylic acids is 1. The smallest absolute Gasteiger partial charge is 0.308 e. The van der Waals surface area contributed by atoms with Crippen molar-refractivity contribution in [3.05, 3.63) is 30.3 Å². The van der Waals surface area contributed by atoms with Crippen LogP contribution in [0.4, 0.5) is 0 Å². The molecule has 2 atom stereocenters. The normalized spacial score (nSPS) is 19.2. The third-order valence-corrected chi connectivity index (χ3v) is 12.5. The fraction of sp³-hybridized carbons (Fsp3) is 0.720. The van der Waals surface area contributed by atoms with E-state index < -0.39 is 8.07 Å². The molecule has 0 amide bonds. The number of ether oxygens (including phenoxy) is 1. The number of hydrogen-bond donors (Lipinski definition) is 0. The topological polar surface area (TPSA) is 26.3 Å². The Labute approximate surface area is 174 Å². The van der Waals surface area contributed by atoms with E-state index in [0.29, 0.717) is 5.92 Å². The van der Waals surface area contributed by atoms with Crippen LogP contribution in [-0.4, -0.2) is 21.2 Å². The van der Waals surface area contributed by atoms with Gasteiger partial charge in [-0.15, -0.1) is 0 Å². The summed E-state index contributed by atoms with van der Waals surface area (Å²) in [5.74, 6) is 0.743. The minimum absolute atomic E-state index is 0.0316. The molecule has 2 nitrogen and oxygen atoms in total. The molecule has 158 valence electrons. The van der Waals surface area contributed by atoms with Gasteiger partial charge in [-0.25, -0.2) is 0 Å². The average Bonchev–Trinajstić information content (AvgIpc) is 2.71. The van der Waals surface area contributed by atoms with Crippen LogP contribution >= 0.6 is 0 Å². The van der Waals surface area contributed by atoms with E-state index in [9.17, 15) is 4.79 Å². The number of unbranched alkanes of at least 4 members (excludes halogenated alkanes) is 6. The van der Waals surface area contributed by atoms with E-state index in [1.54, 1.807) is 12.3 Å². The summed E-state index contributed by atoms with van der Waals surface area (Å²) in [7, 11) is -0.0619. The minimum atomic E-state index is -1.61. The first-order valence-corrected chi connectivity index (χ1v) is 14.4. The van der Waals surface area contributed by atoms with Gasteiger partial charge in [0.1, 0.15) is 0 Å². The van der Waals surface area contributed by atoms with Crippen LogP contribution in [0.5, 0.6) is 0 Å². The number of carbonyl (C=O) groups is 1. The molecule has 0 N–H and O–H groups in total. The molecule has 28 heavy (non-hydrogen) atoms. The molecule has 2 rings (SSSR count). The monoisotopic (exact) mass is 402 g/mol. The molecule has 0 unspecified atom stereocenters. The van der Waals surface area contributed by atoms with Gasteiger partial charge in [-0.3, -0.25) is 4.79 Å². The minimum Gasteiger partial charge on any atom is -0.469 e. The summed E-state index contributed by atoms with van der Waals surface area (Å²) in [4.78, 5) is 12.2. The Kier molecular flexibility index (Phi) is 10.3. The van der Waals surface area contributed by atoms with Crippen LogP contribution in [-0.2, 0) is 9.53 Å². The van der Waals surface area contributed by atoms with E-state index in [0.717, 1.165) is 6.42 Å². The molecule has 0 saturated heterocycles. The molecule has 3 heteroatoms. The predicted octanol–water partition coefficient (Wildman–Crippen LogP) is 6.70. The fourth-order valence-corrected chi connectivity index (χ4v) is 10.8. The Balaban J connectivity index is 2.19.